The van der Waals surface area contributed by atoms with Crippen molar-refractivity contribution in [3.05, 3.63) is 77.9 Å². The minimum atomic E-state index is 0.649. The van der Waals surface area contributed by atoms with Gasteiger partial charge >= 0.3 is 0 Å². The molecule has 0 aliphatic rings. The molecule has 0 aliphatic heterocycles. The molecule has 0 aliphatic carbocycles. The van der Waals surface area contributed by atoms with Crippen molar-refractivity contribution >= 4 is 11.9 Å². The number of hydrogen-bond donors (Lipinski definition) is 0. The fourth-order valence-electron chi connectivity index (χ4n) is 1.81. The topological polar surface area (TPSA) is 36.1 Å². The van der Waals surface area contributed by atoms with Crippen LogP contribution >= 0.6 is 0 Å². The lowest BCUT2D eigenvalue weighted by molar-refractivity contribution is 1.00. The number of nitrogens with zero attached hydrogens (tertiary/aromatic N) is 2. The Labute approximate surface area is 119 Å². The van der Waals surface area contributed by atoms with E-state index in [1.807, 2.05) is 24.4 Å². The average molecular weight is 260 g/mol. The maximum absolute atomic E-state index is 8.73. The molecule has 0 atom stereocenters. The van der Waals surface area contributed by atoms with E-state index in [2.05, 4.69) is 41.9 Å². The van der Waals surface area contributed by atoms with Gasteiger partial charge in [-0.05, 0) is 48.2 Å². The lowest BCUT2D eigenvalue weighted by Gasteiger charge is -1.99. The molecule has 20 heavy (non-hydrogen) atoms. The van der Waals surface area contributed by atoms with Crippen LogP contribution in [-0.4, -0.2) is 6.21 Å². The number of nitriles is 1. The molecule has 0 aromatic heterocycles. The van der Waals surface area contributed by atoms with Crippen LogP contribution in [0.15, 0.2) is 66.2 Å². The molecule has 0 spiro atoms. The van der Waals surface area contributed by atoms with Crippen molar-refractivity contribution in [2.75, 3.05) is 0 Å². The van der Waals surface area contributed by atoms with E-state index in [1.165, 1.54) is 5.56 Å². The summed E-state index contributed by atoms with van der Waals surface area (Å²) in [6.45, 7) is 3.73. The summed E-state index contributed by atoms with van der Waals surface area (Å²) >= 11 is 0. The zero-order valence-electron chi connectivity index (χ0n) is 11.3. The highest BCUT2D eigenvalue weighted by molar-refractivity contribution is 5.81. The Morgan fingerprint density at radius 2 is 1.75 bits per heavy atom. The van der Waals surface area contributed by atoms with Gasteiger partial charge in [-0.2, -0.15) is 5.26 Å². The first-order chi connectivity index (χ1) is 9.81. The molecule has 0 saturated heterocycles. The number of hydrogen-bond acceptors (Lipinski definition) is 2. The highest BCUT2D eigenvalue weighted by Crippen LogP contribution is 2.13. The van der Waals surface area contributed by atoms with E-state index in [0.717, 1.165) is 24.1 Å². The minimum Gasteiger partial charge on any atom is -0.256 e. The van der Waals surface area contributed by atoms with Gasteiger partial charge in [-0.1, -0.05) is 30.3 Å². The van der Waals surface area contributed by atoms with Crippen molar-refractivity contribution in [2.24, 2.45) is 4.99 Å². The smallest absolute Gasteiger partial charge is 0.0991 e. The SMILES string of the molecule is C=CCCc1ccc(C=Nc2ccc(C#N)cc2)cc1. The largest absolute Gasteiger partial charge is 0.256 e. The van der Waals surface area contributed by atoms with Crippen LogP contribution in [0.3, 0.4) is 0 Å². The quantitative estimate of drug-likeness (QED) is 0.578. The molecule has 0 N–H and O–H groups in total. The van der Waals surface area contributed by atoms with E-state index < -0.39 is 0 Å². The van der Waals surface area contributed by atoms with Crippen LogP contribution in [0, 0.1) is 11.3 Å². The third kappa shape index (κ3) is 3.93. The average Bonchev–Trinajstić information content (AvgIpc) is 2.52. The molecule has 98 valence electrons. The number of benzene rings is 2. The first-order valence-corrected chi connectivity index (χ1v) is 6.56. The number of aliphatic imine (C=N–C) groups is 1. The molecule has 0 bridgehead atoms. The van der Waals surface area contributed by atoms with Crippen LogP contribution in [0.5, 0.6) is 0 Å². The molecular weight excluding hydrogens is 244 g/mol. The van der Waals surface area contributed by atoms with Crippen molar-refractivity contribution in [3.63, 3.8) is 0 Å². The summed E-state index contributed by atoms with van der Waals surface area (Å²) in [5.74, 6) is 0. The Kier molecular flexibility index (Phi) is 4.86. The summed E-state index contributed by atoms with van der Waals surface area (Å²) < 4.78 is 0. The maximum Gasteiger partial charge on any atom is 0.0991 e. The number of aryl methyl sites for hydroxylation is 1. The Morgan fingerprint density at radius 3 is 2.35 bits per heavy atom. The second-order valence-electron chi connectivity index (χ2n) is 4.49. The normalized spacial score (nSPS) is 10.3. The van der Waals surface area contributed by atoms with Crippen molar-refractivity contribution in [1.82, 2.24) is 0 Å². The monoisotopic (exact) mass is 260 g/mol. The van der Waals surface area contributed by atoms with Crippen molar-refractivity contribution in [1.29, 1.82) is 5.26 Å². The molecule has 0 saturated carbocycles. The molecule has 2 rings (SSSR count). The van der Waals surface area contributed by atoms with E-state index in [9.17, 15) is 0 Å². The van der Waals surface area contributed by atoms with Gasteiger partial charge in [0.05, 0.1) is 17.3 Å². The van der Waals surface area contributed by atoms with Gasteiger partial charge in [0.2, 0.25) is 0 Å². The van der Waals surface area contributed by atoms with Gasteiger partial charge in [-0.15, -0.1) is 6.58 Å². The highest BCUT2D eigenvalue weighted by Gasteiger charge is 1.93. The van der Waals surface area contributed by atoms with E-state index in [1.54, 1.807) is 12.1 Å². The summed E-state index contributed by atoms with van der Waals surface area (Å²) in [7, 11) is 0. The molecule has 2 heteroatoms. The van der Waals surface area contributed by atoms with Crippen molar-refractivity contribution in [3.8, 4) is 6.07 Å². The Hall–Kier alpha value is -2.66. The third-order valence-electron chi connectivity index (χ3n) is 2.98. The van der Waals surface area contributed by atoms with Gasteiger partial charge in [0, 0.05) is 6.21 Å². The molecule has 0 fully saturated rings. The summed E-state index contributed by atoms with van der Waals surface area (Å²) in [6.07, 6.45) is 5.79. The highest BCUT2D eigenvalue weighted by atomic mass is 14.7. The van der Waals surface area contributed by atoms with E-state index in [-0.39, 0.29) is 0 Å². The third-order valence-corrected chi connectivity index (χ3v) is 2.98. The molecule has 2 aromatic carbocycles. The molecule has 2 aromatic rings. The summed E-state index contributed by atoms with van der Waals surface area (Å²) in [6, 6.07) is 17.7. The fraction of sp³-hybridized carbons (Fsp3) is 0.111. The van der Waals surface area contributed by atoms with Crippen LogP contribution in [0.2, 0.25) is 0 Å². The van der Waals surface area contributed by atoms with Crippen molar-refractivity contribution < 1.29 is 0 Å². The van der Waals surface area contributed by atoms with E-state index in [0.29, 0.717) is 5.56 Å². The first-order valence-electron chi connectivity index (χ1n) is 6.56. The fourth-order valence-corrected chi connectivity index (χ4v) is 1.81. The molecule has 0 unspecified atom stereocenters. The van der Waals surface area contributed by atoms with Crippen LogP contribution in [0.4, 0.5) is 5.69 Å². The molecule has 0 amide bonds. The predicted octanol–water partition coefficient (Wildman–Crippen LogP) is 4.43. The zero-order chi connectivity index (χ0) is 14.2. The Morgan fingerprint density at radius 1 is 1.05 bits per heavy atom. The van der Waals surface area contributed by atoms with Gasteiger partial charge < -0.3 is 0 Å². The Bertz CT molecular complexity index is 629. The predicted molar refractivity (Wildman–Crippen MR) is 83.4 cm³/mol. The van der Waals surface area contributed by atoms with E-state index in [4.69, 9.17) is 5.26 Å². The molecular formula is C18H16N2. The summed E-state index contributed by atoms with van der Waals surface area (Å²) in [4.78, 5) is 4.39. The van der Waals surface area contributed by atoms with Crippen LogP contribution in [-0.2, 0) is 6.42 Å². The van der Waals surface area contributed by atoms with Gasteiger partial charge in [-0.25, -0.2) is 0 Å². The van der Waals surface area contributed by atoms with Gasteiger partial charge in [0.25, 0.3) is 0 Å². The second-order valence-corrected chi connectivity index (χ2v) is 4.49. The van der Waals surface area contributed by atoms with Gasteiger partial charge in [0.15, 0.2) is 0 Å². The van der Waals surface area contributed by atoms with Gasteiger partial charge in [-0.3, -0.25) is 4.99 Å². The summed E-state index contributed by atoms with van der Waals surface area (Å²) in [5, 5.41) is 8.73. The van der Waals surface area contributed by atoms with Crippen LogP contribution < -0.4 is 0 Å². The lowest BCUT2D eigenvalue weighted by atomic mass is 10.1. The number of rotatable bonds is 5. The van der Waals surface area contributed by atoms with Crippen molar-refractivity contribution in [2.45, 2.75) is 12.8 Å². The second kappa shape index (κ2) is 7.06. The lowest BCUT2D eigenvalue weighted by Crippen LogP contribution is -1.85. The standard InChI is InChI=1S/C18H16N2/c1-2-3-4-15-5-7-17(8-6-15)14-20-18-11-9-16(13-19)10-12-18/h2,5-12,14H,1,3-4H2. The summed E-state index contributed by atoms with van der Waals surface area (Å²) in [5.41, 5.74) is 3.87. The van der Waals surface area contributed by atoms with Crippen LogP contribution in [0.25, 0.3) is 0 Å². The number of allylic oxidation sites excluding steroid dienone is 1. The van der Waals surface area contributed by atoms with Gasteiger partial charge in [0.1, 0.15) is 0 Å². The van der Waals surface area contributed by atoms with E-state index >= 15 is 0 Å². The molecule has 0 radical (unpaired) electrons. The first kappa shape index (κ1) is 13.8. The minimum absolute atomic E-state index is 0.649. The maximum atomic E-state index is 8.73. The molecule has 0 heterocycles. The molecule has 2 nitrogen and oxygen atoms in total. The Balaban J connectivity index is 2.03. The zero-order valence-corrected chi connectivity index (χ0v) is 11.3. The van der Waals surface area contributed by atoms with Crippen LogP contribution in [0.1, 0.15) is 23.1 Å².